The maximum atomic E-state index is 11.2. The average Bonchev–Trinajstić information content (AvgIpc) is 2.22. The molecular formula is C10H9NO2. The maximum Gasteiger partial charge on any atom is 0.167 e. The number of carbonyl (C=O) groups is 2. The average molecular weight is 175 g/mol. The van der Waals surface area contributed by atoms with Gasteiger partial charge in [-0.05, 0) is 6.07 Å². The molecule has 0 aliphatic heterocycles. The number of ketones is 1. The van der Waals surface area contributed by atoms with Crippen molar-refractivity contribution in [3.63, 3.8) is 0 Å². The molecule has 3 nitrogen and oxygen atoms in total. The molecule has 0 saturated carbocycles. The number of fused-ring (bicyclic) bond motifs is 1. The molecule has 0 fully saturated rings. The SMILES string of the molecule is C=O.O=C1CC=Cc2cnccc21. The lowest BCUT2D eigenvalue weighted by molar-refractivity contribution is -0.0979. The topological polar surface area (TPSA) is 47.0 Å². The molecule has 1 aliphatic carbocycles. The van der Waals surface area contributed by atoms with Crippen LogP contribution in [-0.2, 0) is 4.79 Å². The Labute approximate surface area is 76.1 Å². The van der Waals surface area contributed by atoms with Crippen molar-refractivity contribution in [2.45, 2.75) is 6.42 Å². The summed E-state index contributed by atoms with van der Waals surface area (Å²) in [5.74, 6) is 0.185. The first-order chi connectivity index (χ1) is 6.38. The normalized spacial score (nSPS) is 12.8. The zero-order valence-corrected chi connectivity index (χ0v) is 7.06. The number of pyridine rings is 1. The Morgan fingerprint density at radius 3 is 2.85 bits per heavy atom. The fraction of sp³-hybridized carbons (Fsp3) is 0.100. The van der Waals surface area contributed by atoms with Gasteiger partial charge >= 0.3 is 0 Å². The largest absolute Gasteiger partial charge is 0.307 e. The summed E-state index contributed by atoms with van der Waals surface area (Å²) in [5, 5.41) is 0. The van der Waals surface area contributed by atoms with Crippen LogP contribution in [0.3, 0.4) is 0 Å². The van der Waals surface area contributed by atoms with Crippen molar-refractivity contribution in [2.24, 2.45) is 0 Å². The molecule has 0 N–H and O–H groups in total. The van der Waals surface area contributed by atoms with E-state index in [1.165, 1.54) is 0 Å². The van der Waals surface area contributed by atoms with Gasteiger partial charge in [0, 0.05) is 29.9 Å². The summed E-state index contributed by atoms with van der Waals surface area (Å²) < 4.78 is 0. The Morgan fingerprint density at radius 1 is 1.38 bits per heavy atom. The molecule has 0 aromatic carbocycles. The quantitative estimate of drug-likeness (QED) is 0.600. The first-order valence-corrected chi connectivity index (χ1v) is 3.80. The van der Waals surface area contributed by atoms with E-state index >= 15 is 0 Å². The van der Waals surface area contributed by atoms with Crippen LogP contribution in [-0.4, -0.2) is 17.6 Å². The van der Waals surface area contributed by atoms with Gasteiger partial charge in [0.1, 0.15) is 6.79 Å². The number of Topliss-reactive ketones (excluding diaryl/α,β-unsaturated/α-hetero) is 1. The summed E-state index contributed by atoms with van der Waals surface area (Å²) >= 11 is 0. The van der Waals surface area contributed by atoms with Gasteiger partial charge in [-0.3, -0.25) is 9.78 Å². The van der Waals surface area contributed by atoms with Crippen LogP contribution < -0.4 is 0 Å². The molecule has 0 atom stereocenters. The van der Waals surface area contributed by atoms with Crippen LogP contribution in [0.15, 0.2) is 24.5 Å². The molecule has 0 unspecified atom stereocenters. The second kappa shape index (κ2) is 4.30. The number of rotatable bonds is 0. The first-order valence-electron chi connectivity index (χ1n) is 3.80. The van der Waals surface area contributed by atoms with Crippen molar-refractivity contribution >= 4 is 18.6 Å². The number of nitrogens with zero attached hydrogens (tertiary/aromatic N) is 1. The second-order valence-corrected chi connectivity index (χ2v) is 2.49. The van der Waals surface area contributed by atoms with Crippen LogP contribution in [0.25, 0.3) is 6.08 Å². The van der Waals surface area contributed by atoms with E-state index in [1.807, 2.05) is 18.9 Å². The van der Waals surface area contributed by atoms with Gasteiger partial charge < -0.3 is 4.79 Å². The molecule has 3 heteroatoms. The number of allylic oxidation sites excluding steroid dienone is 1. The minimum Gasteiger partial charge on any atom is -0.307 e. The van der Waals surface area contributed by atoms with Crippen LogP contribution in [0.4, 0.5) is 0 Å². The lowest BCUT2D eigenvalue weighted by Crippen LogP contribution is -2.03. The number of aromatic nitrogens is 1. The van der Waals surface area contributed by atoms with Gasteiger partial charge in [0.15, 0.2) is 5.78 Å². The Hall–Kier alpha value is -1.77. The highest BCUT2D eigenvalue weighted by atomic mass is 16.1. The summed E-state index contributed by atoms with van der Waals surface area (Å²) in [7, 11) is 0. The van der Waals surface area contributed by atoms with E-state index in [0.29, 0.717) is 6.42 Å². The van der Waals surface area contributed by atoms with Crippen LogP contribution in [0.2, 0.25) is 0 Å². The lowest BCUT2D eigenvalue weighted by atomic mass is 9.99. The van der Waals surface area contributed by atoms with Gasteiger partial charge in [-0.15, -0.1) is 0 Å². The van der Waals surface area contributed by atoms with Crippen molar-refractivity contribution in [1.82, 2.24) is 4.98 Å². The van der Waals surface area contributed by atoms with E-state index in [0.717, 1.165) is 11.1 Å². The standard InChI is InChI=1S/C9H7NO.CH2O/c11-9-3-1-2-7-6-10-5-4-8(7)9;1-2/h1-2,4-6H,3H2;1H2. The summed E-state index contributed by atoms with van der Waals surface area (Å²) in [6.45, 7) is 2.00. The molecule has 13 heavy (non-hydrogen) atoms. The van der Waals surface area contributed by atoms with Crippen molar-refractivity contribution in [2.75, 3.05) is 0 Å². The molecule has 2 rings (SSSR count). The van der Waals surface area contributed by atoms with Gasteiger partial charge in [0.25, 0.3) is 0 Å². The lowest BCUT2D eigenvalue weighted by Gasteiger charge is -2.06. The van der Waals surface area contributed by atoms with Gasteiger partial charge in [0.2, 0.25) is 0 Å². The molecule has 0 spiro atoms. The predicted molar refractivity (Wildman–Crippen MR) is 49.3 cm³/mol. The fourth-order valence-corrected chi connectivity index (χ4v) is 1.20. The molecule has 66 valence electrons. The molecule has 1 heterocycles. The number of hydrogen-bond acceptors (Lipinski definition) is 3. The Balaban J connectivity index is 0.000000396. The fourth-order valence-electron chi connectivity index (χ4n) is 1.20. The minimum atomic E-state index is 0.185. The van der Waals surface area contributed by atoms with Crippen molar-refractivity contribution in [1.29, 1.82) is 0 Å². The summed E-state index contributed by atoms with van der Waals surface area (Å²) in [6.07, 6.45) is 7.69. The summed E-state index contributed by atoms with van der Waals surface area (Å²) in [5.41, 5.74) is 1.73. The zero-order chi connectivity index (χ0) is 9.68. The number of carbonyl (C=O) groups excluding carboxylic acids is 2. The van der Waals surface area contributed by atoms with E-state index in [2.05, 4.69) is 4.98 Å². The third kappa shape index (κ3) is 1.87. The number of hydrogen-bond donors (Lipinski definition) is 0. The molecule has 0 amide bonds. The molecule has 0 radical (unpaired) electrons. The third-order valence-corrected chi connectivity index (χ3v) is 1.75. The first kappa shape index (κ1) is 9.32. The zero-order valence-electron chi connectivity index (χ0n) is 7.06. The Morgan fingerprint density at radius 2 is 2.15 bits per heavy atom. The van der Waals surface area contributed by atoms with E-state index in [9.17, 15) is 4.79 Å². The van der Waals surface area contributed by atoms with Crippen molar-refractivity contribution in [3.05, 3.63) is 35.7 Å². The minimum absolute atomic E-state index is 0.185. The monoisotopic (exact) mass is 175 g/mol. The second-order valence-electron chi connectivity index (χ2n) is 2.49. The van der Waals surface area contributed by atoms with Crippen molar-refractivity contribution < 1.29 is 9.59 Å². The molecular weight excluding hydrogens is 166 g/mol. The highest BCUT2D eigenvalue weighted by Gasteiger charge is 2.11. The molecule has 1 aromatic heterocycles. The molecule has 1 aliphatic rings. The van der Waals surface area contributed by atoms with Crippen LogP contribution in [0.1, 0.15) is 22.3 Å². The molecule has 1 aromatic rings. The van der Waals surface area contributed by atoms with Crippen LogP contribution in [0, 0.1) is 0 Å². The van der Waals surface area contributed by atoms with E-state index in [1.54, 1.807) is 18.5 Å². The highest BCUT2D eigenvalue weighted by molar-refractivity contribution is 6.02. The smallest absolute Gasteiger partial charge is 0.167 e. The van der Waals surface area contributed by atoms with Gasteiger partial charge in [-0.25, -0.2) is 0 Å². The summed E-state index contributed by atoms with van der Waals surface area (Å²) in [4.78, 5) is 23.1. The van der Waals surface area contributed by atoms with Crippen molar-refractivity contribution in [3.8, 4) is 0 Å². The Kier molecular flexibility index (Phi) is 3.09. The van der Waals surface area contributed by atoms with E-state index < -0.39 is 0 Å². The Bertz CT molecular complexity index is 345. The highest BCUT2D eigenvalue weighted by Crippen LogP contribution is 2.16. The van der Waals surface area contributed by atoms with Gasteiger partial charge in [0.05, 0.1) is 0 Å². The predicted octanol–water partition coefficient (Wildman–Crippen LogP) is 1.50. The van der Waals surface area contributed by atoms with Crippen LogP contribution >= 0.6 is 0 Å². The third-order valence-electron chi connectivity index (χ3n) is 1.75. The van der Waals surface area contributed by atoms with Gasteiger partial charge in [-0.1, -0.05) is 12.2 Å². The van der Waals surface area contributed by atoms with E-state index in [4.69, 9.17) is 4.79 Å². The van der Waals surface area contributed by atoms with E-state index in [-0.39, 0.29) is 5.78 Å². The van der Waals surface area contributed by atoms with Crippen LogP contribution in [0.5, 0.6) is 0 Å². The maximum absolute atomic E-state index is 11.2. The van der Waals surface area contributed by atoms with Gasteiger partial charge in [-0.2, -0.15) is 0 Å². The molecule has 0 saturated heterocycles. The summed E-state index contributed by atoms with van der Waals surface area (Å²) in [6, 6.07) is 1.77. The molecule has 0 bridgehead atoms.